The fourth-order valence-corrected chi connectivity index (χ4v) is 2.95. The third-order valence-electron chi connectivity index (χ3n) is 4.28. The highest BCUT2D eigenvalue weighted by Gasteiger charge is 2.24. The molecule has 124 valence electrons. The summed E-state index contributed by atoms with van der Waals surface area (Å²) in [6.07, 6.45) is 3.07. The molecule has 2 aliphatic rings. The number of carbonyl (C=O) groups is 2. The fraction of sp³-hybridized carbons (Fsp3) is 0.529. The highest BCUT2D eigenvalue weighted by atomic mass is 16.7. The molecule has 0 atom stereocenters. The van der Waals surface area contributed by atoms with Crippen LogP contribution in [-0.2, 0) is 4.79 Å². The van der Waals surface area contributed by atoms with Gasteiger partial charge in [0.25, 0.3) is 5.91 Å². The number of carbonyl (C=O) groups excluding carboxylic acids is 2. The van der Waals surface area contributed by atoms with Gasteiger partial charge in [-0.25, -0.2) is 0 Å². The SMILES string of the molecule is CCCC(=O)N1CCC(NC(=O)c2ccc3c(c2)OCO3)CC1. The molecular weight excluding hydrogens is 296 g/mol. The summed E-state index contributed by atoms with van der Waals surface area (Å²) in [5.41, 5.74) is 0.568. The average Bonchev–Trinajstić information content (AvgIpc) is 3.03. The van der Waals surface area contributed by atoms with Crippen LogP contribution in [0, 0.1) is 0 Å². The molecule has 0 unspecified atom stereocenters. The maximum Gasteiger partial charge on any atom is 0.251 e. The van der Waals surface area contributed by atoms with Gasteiger partial charge in [-0.1, -0.05) is 6.92 Å². The Morgan fingerprint density at radius 2 is 1.96 bits per heavy atom. The second kappa shape index (κ2) is 6.89. The largest absolute Gasteiger partial charge is 0.454 e. The maximum absolute atomic E-state index is 12.3. The fourth-order valence-electron chi connectivity index (χ4n) is 2.95. The number of rotatable bonds is 4. The average molecular weight is 318 g/mol. The number of likely N-dealkylation sites (tertiary alicyclic amines) is 1. The number of benzene rings is 1. The van der Waals surface area contributed by atoms with Crippen LogP contribution >= 0.6 is 0 Å². The highest BCUT2D eigenvalue weighted by molar-refractivity contribution is 5.95. The Bertz CT molecular complexity index is 594. The Morgan fingerprint density at radius 3 is 2.70 bits per heavy atom. The van der Waals surface area contributed by atoms with Gasteiger partial charge in [0.2, 0.25) is 12.7 Å². The van der Waals surface area contributed by atoms with Crippen LogP contribution in [-0.4, -0.2) is 42.6 Å². The highest BCUT2D eigenvalue weighted by Crippen LogP contribution is 2.32. The molecule has 1 fully saturated rings. The molecule has 0 aromatic heterocycles. The summed E-state index contributed by atoms with van der Waals surface area (Å²) in [5.74, 6) is 1.39. The summed E-state index contributed by atoms with van der Waals surface area (Å²) in [4.78, 5) is 26.1. The molecule has 2 heterocycles. The van der Waals surface area contributed by atoms with Crippen LogP contribution in [0.1, 0.15) is 43.0 Å². The van der Waals surface area contributed by atoms with E-state index in [1.54, 1.807) is 18.2 Å². The van der Waals surface area contributed by atoms with Crippen molar-refractivity contribution in [1.29, 1.82) is 0 Å². The van der Waals surface area contributed by atoms with Crippen molar-refractivity contribution in [2.45, 2.75) is 38.6 Å². The summed E-state index contributed by atoms with van der Waals surface area (Å²) >= 11 is 0. The Hall–Kier alpha value is -2.24. The second-order valence-corrected chi connectivity index (χ2v) is 5.95. The Balaban J connectivity index is 1.52. The molecule has 1 N–H and O–H groups in total. The first kappa shape index (κ1) is 15.6. The van der Waals surface area contributed by atoms with Crippen LogP contribution in [0.3, 0.4) is 0 Å². The minimum Gasteiger partial charge on any atom is -0.454 e. The van der Waals surface area contributed by atoms with Crippen LogP contribution in [0.25, 0.3) is 0 Å². The Kier molecular flexibility index (Phi) is 4.69. The predicted octanol–water partition coefficient (Wildman–Crippen LogP) is 1.94. The second-order valence-electron chi connectivity index (χ2n) is 5.95. The van der Waals surface area contributed by atoms with Gasteiger partial charge in [-0.15, -0.1) is 0 Å². The number of hydrogen-bond acceptors (Lipinski definition) is 4. The van der Waals surface area contributed by atoms with Crippen molar-refractivity contribution in [3.05, 3.63) is 23.8 Å². The topological polar surface area (TPSA) is 67.9 Å². The summed E-state index contributed by atoms with van der Waals surface area (Å²) < 4.78 is 10.5. The van der Waals surface area contributed by atoms with E-state index in [2.05, 4.69) is 5.32 Å². The third-order valence-corrected chi connectivity index (χ3v) is 4.28. The molecule has 2 amide bonds. The van der Waals surface area contributed by atoms with Gasteiger partial charge < -0.3 is 19.7 Å². The van der Waals surface area contributed by atoms with Gasteiger partial charge in [0.1, 0.15) is 0 Å². The van der Waals surface area contributed by atoms with Crippen molar-refractivity contribution in [3.8, 4) is 11.5 Å². The molecule has 2 aliphatic heterocycles. The number of nitrogens with one attached hydrogen (secondary N) is 1. The van der Waals surface area contributed by atoms with Crippen molar-refractivity contribution in [2.75, 3.05) is 19.9 Å². The van der Waals surface area contributed by atoms with Gasteiger partial charge in [0.05, 0.1) is 0 Å². The smallest absolute Gasteiger partial charge is 0.251 e. The first-order valence-corrected chi connectivity index (χ1v) is 8.15. The molecule has 0 spiro atoms. The van der Waals surface area contributed by atoms with Crippen molar-refractivity contribution in [1.82, 2.24) is 10.2 Å². The molecule has 1 aromatic carbocycles. The number of amides is 2. The predicted molar refractivity (Wildman–Crippen MR) is 84.5 cm³/mol. The standard InChI is InChI=1S/C17H22N2O4/c1-2-3-16(20)19-8-6-13(7-9-19)18-17(21)12-4-5-14-15(10-12)23-11-22-14/h4-5,10,13H,2-3,6-9,11H2,1H3,(H,18,21). The number of nitrogens with zero attached hydrogens (tertiary/aromatic N) is 1. The molecule has 1 saturated heterocycles. The van der Waals surface area contributed by atoms with Crippen molar-refractivity contribution >= 4 is 11.8 Å². The van der Waals surface area contributed by atoms with E-state index in [0.717, 1.165) is 19.3 Å². The lowest BCUT2D eigenvalue weighted by Crippen LogP contribution is -2.46. The van der Waals surface area contributed by atoms with E-state index in [1.165, 1.54) is 0 Å². The van der Waals surface area contributed by atoms with Crippen LogP contribution < -0.4 is 14.8 Å². The molecule has 0 aliphatic carbocycles. The summed E-state index contributed by atoms with van der Waals surface area (Å²) in [5, 5.41) is 3.04. The van der Waals surface area contributed by atoms with Crippen LogP contribution in [0.5, 0.6) is 11.5 Å². The first-order valence-electron chi connectivity index (χ1n) is 8.15. The normalized spacial score (nSPS) is 17.2. The number of piperidine rings is 1. The van der Waals surface area contributed by atoms with Crippen molar-refractivity contribution in [3.63, 3.8) is 0 Å². The number of ether oxygens (including phenoxy) is 2. The van der Waals surface area contributed by atoms with Crippen LogP contribution in [0.2, 0.25) is 0 Å². The maximum atomic E-state index is 12.3. The summed E-state index contributed by atoms with van der Waals surface area (Å²) in [6.45, 7) is 3.64. The van der Waals surface area contributed by atoms with Gasteiger partial charge in [-0.3, -0.25) is 9.59 Å². The summed E-state index contributed by atoms with van der Waals surface area (Å²) in [7, 11) is 0. The van der Waals surface area contributed by atoms with Gasteiger partial charge in [-0.05, 0) is 37.5 Å². The van der Waals surface area contributed by atoms with E-state index >= 15 is 0 Å². The van der Waals surface area contributed by atoms with Gasteiger partial charge in [0, 0.05) is 31.1 Å². The molecule has 1 aromatic rings. The molecule has 6 heteroatoms. The minimum absolute atomic E-state index is 0.110. The van der Waals surface area contributed by atoms with Gasteiger partial charge in [-0.2, -0.15) is 0 Å². The van der Waals surface area contributed by atoms with Crippen LogP contribution in [0.4, 0.5) is 0 Å². The third kappa shape index (κ3) is 3.57. The Labute approximate surface area is 135 Å². The molecule has 23 heavy (non-hydrogen) atoms. The lowest BCUT2D eigenvalue weighted by molar-refractivity contribution is -0.132. The van der Waals surface area contributed by atoms with Crippen LogP contribution in [0.15, 0.2) is 18.2 Å². The van der Waals surface area contributed by atoms with Crippen molar-refractivity contribution < 1.29 is 19.1 Å². The van der Waals surface area contributed by atoms with E-state index in [0.29, 0.717) is 36.6 Å². The monoisotopic (exact) mass is 318 g/mol. The minimum atomic E-state index is -0.110. The van der Waals surface area contributed by atoms with E-state index in [-0.39, 0.29) is 24.6 Å². The molecule has 0 saturated carbocycles. The Morgan fingerprint density at radius 1 is 1.22 bits per heavy atom. The van der Waals surface area contributed by atoms with Gasteiger partial charge in [0.15, 0.2) is 11.5 Å². The van der Waals surface area contributed by atoms with E-state index in [4.69, 9.17) is 9.47 Å². The van der Waals surface area contributed by atoms with E-state index in [9.17, 15) is 9.59 Å². The lowest BCUT2D eigenvalue weighted by Gasteiger charge is -2.32. The van der Waals surface area contributed by atoms with Crippen molar-refractivity contribution in [2.24, 2.45) is 0 Å². The first-order chi connectivity index (χ1) is 11.2. The van der Waals surface area contributed by atoms with E-state index < -0.39 is 0 Å². The zero-order valence-electron chi connectivity index (χ0n) is 13.3. The zero-order valence-corrected chi connectivity index (χ0v) is 13.3. The lowest BCUT2D eigenvalue weighted by atomic mass is 10.0. The number of fused-ring (bicyclic) bond motifs is 1. The quantitative estimate of drug-likeness (QED) is 0.921. The van der Waals surface area contributed by atoms with E-state index in [1.807, 2.05) is 11.8 Å². The molecule has 6 nitrogen and oxygen atoms in total. The molecular formula is C17H22N2O4. The molecule has 3 rings (SSSR count). The molecule has 0 radical (unpaired) electrons. The zero-order chi connectivity index (χ0) is 16.2. The van der Waals surface area contributed by atoms with Gasteiger partial charge >= 0.3 is 0 Å². The molecule has 0 bridgehead atoms. The summed E-state index contributed by atoms with van der Waals surface area (Å²) in [6, 6.07) is 5.31. The number of hydrogen-bond donors (Lipinski definition) is 1.